The molecule has 1 atom stereocenters. The van der Waals surface area contributed by atoms with E-state index in [0.29, 0.717) is 28.6 Å². The van der Waals surface area contributed by atoms with E-state index < -0.39 is 15.9 Å². The molecule has 2 saturated heterocycles. The minimum atomic E-state index is -3.25. The van der Waals surface area contributed by atoms with Crippen molar-refractivity contribution in [3.05, 3.63) is 52.5 Å². The summed E-state index contributed by atoms with van der Waals surface area (Å²) in [7, 11) is -1.75. The first-order valence-electron chi connectivity index (χ1n) is 11.2. The maximum atomic E-state index is 11.7. The Labute approximate surface area is 205 Å². The highest BCUT2D eigenvalue weighted by Crippen LogP contribution is 2.42. The van der Waals surface area contributed by atoms with E-state index in [2.05, 4.69) is 19.6 Å². The van der Waals surface area contributed by atoms with Crippen LogP contribution >= 0.6 is 11.6 Å². The van der Waals surface area contributed by atoms with Crippen LogP contribution in [0, 0.1) is 12.0 Å². The van der Waals surface area contributed by atoms with Gasteiger partial charge in [0.15, 0.2) is 9.84 Å². The lowest BCUT2D eigenvalue weighted by Crippen LogP contribution is -2.43. The van der Waals surface area contributed by atoms with Gasteiger partial charge in [-0.1, -0.05) is 11.6 Å². The summed E-state index contributed by atoms with van der Waals surface area (Å²) in [5.41, 5.74) is 1.10. The fraction of sp³-hybridized carbons (Fsp3) is 0.500. The molecule has 2 fully saturated rings. The van der Waals surface area contributed by atoms with Gasteiger partial charge in [-0.2, -0.15) is 0 Å². The number of rotatable bonds is 6. The number of anilines is 1. The molecule has 1 N–H and O–H groups in total. The van der Waals surface area contributed by atoms with E-state index in [0.717, 1.165) is 51.3 Å². The molecule has 0 radical (unpaired) electrons. The molecule has 182 valence electrons. The Morgan fingerprint density at radius 2 is 1.97 bits per heavy atom. The molecule has 1 spiro atoms. The van der Waals surface area contributed by atoms with Crippen LogP contribution in [0.1, 0.15) is 30.9 Å². The van der Waals surface area contributed by atoms with Crippen molar-refractivity contribution < 1.29 is 18.3 Å². The fourth-order valence-electron chi connectivity index (χ4n) is 4.94. The van der Waals surface area contributed by atoms with Gasteiger partial charge in [-0.25, -0.2) is 18.2 Å². The molecule has 1 aromatic carbocycles. The third kappa shape index (κ3) is 5.15. The first-order chi connectivity index (χ1) is 16.1. The van der Waals surface area contributed by atoms with E-state index in [9.17, 15) is 13.5 Å². The summed E-state index contributed by atoms with van der Waals surface area (Å²) in [6.45, 7) is 11.2. The number of piperidine rings is 1. The van der Waals surface area contributed by atoms with Crippen LogP contribution in [0.15, 0.2) is 35.4 Å². The summed E-state index contributed by atoms with van der Waals surface area (Å²) in [5.74, 6) is 1.23. The lowest BCUT2D eigenvalue weighted by Gasteiger charge is -2.40. The molecular weight excluding hydrogens is 476 g/mol. The average molecular weight is 505 g/mol. The standard InChI is InChI=1S/C24H29ClN4O4S/c1-26-20-13-19(25)18(12-22(20)33-2)21(30)15-28-9-6-24(7-10-28)8-11-29(16-24)23-5-4-17(14-27-23)34(3,31)32/h4-5,12-14,21,30H,6-11,15-16H2,2-3H3. The zero-order valence-corrected chi connectivity index (χ0v) is 20.9. The number of aromatic nitrogens is 1. The van der Waals surface area contributed by atoms with Crippen molar-refractivity contribution in [3.8, 4) is 5.75 Å². The smallest absolute Gasteiger partial charge is 0.229 e. The highest BCUT2D eigenvalue weighted by molar-refractivity contribution is 7.90. The van der Waals surface area contributed by atoms with Gasteiger partial charge >= 0.3 is 0 Å². The van der Waals surface area contributed by atoms with Crippen molar-refractivity contribution in [1.29, 1.82) is 0 Å². The fourth-order valence-corrected chi connectivity index (χ4v) is 5.78. The second-order valence-electron chi connectivity index (χ2n) is 9.27. The van der Waals surface area contributed by atoms with Crippen molar-refractivity contribution in [2.75, 3.05) is 51.0 Å². The molecule has 10 heteroatoms. The number of hydrogen-bond acceptors (Lipinski definition) is 7. The minimum absolute atomic E-state index is 0.205. The minimum Gasteiger partial charge on any atom is -0.508 e. The van der Waals surface area contributed by atoms with Crippen LogP contribution < -0.4 is 9.64 Å². The predicted molar refractivity (Wildman–Crippen MR) is 132 cm³/mol. The topological polar surface area (TPSA) is 87.3 Å². The number of sulfone groups is 1. The largest absolute Gasteiger partial charge is 0.508 e. The maximum Gasteiger partial charge on any atom is 0.229 e. The Morgan fingerprint density at radius 3 is 2.56 bits per heavy atom. The van der Waals surface area contributed by atoms with Gasteiger partial charge in [0.2, 0.25) is 5.69 Å². The molecule has 0 amide bonds. The second-order valence-corrected chi connectivity index (χ2v) is 11.7. The van der Waals surface area contributed by atoms with E-state index in [1.54, 1.807) is 24.3 Å². The summed E-state index contributed by atoms with van der Waals surface area (Å²) >= 11 is 6.33. The summed E-state index contributed by atoms with van der Waals surface area (Å²) < 4.78 is 28.6. The Balaban J connectivity index is 1.35. The number of β-amino-alcohol motifs (C(OH)–C–C–N with tert-alkyl or cyclic N) is 1. The zero-order chi connectivity index (χ0) is 24.5. The Morgan fingerprint density at radius 1 is 1.26 bits per heavy atom. The van der Waals surface area contributed by atoms with Crippen LogP contribution in [0.25, 0.3) is 4.85 Å². The summed E-state index contributed by atoms with van der Waals surface area (Å²) in [4.78, 5) is 12.5. The number of halogens is 1. The highest BCUT2D eigenvalue weighted by Gasteiger charge is 2.41. The predicted octanol–water partition coefficient (Wildman–Crippen LogP) is 3.72. The molecule has 2 aliphatic rings. The summed E-state index contributed by atoms with van der Waals surface area (Å²) in [5, 5.41) is 11.2. The number of aliphatic hydroxyl groups is 1. The highest BCUT2D eigenvalue weighted by atomic mass is 35.5. The number of pyridine rings is 1. The van der Waals surface area contributed by atoms with Gasteiger partial charge < -0.3 is 19.6 Å². The SMILES string of the molecule is [C-]#[N+]c1cc(Cl)c(C(O)CN2CCC3(CC2)CCN(c2ccc(S(C)(=O)=O)cn2)C3)cc1OC. The van der Waals surface area contributed by atoms with E-state index in [4.69, 9.17) is 22.9 Å². The van der Waals surface area contributed by atoms with Gasteiger partial charge in [0.05, 0.1) is 24.7 Å². The molecule has 1 aromatic heterocycles. The van der Waals surface area contributed by atoms with Gasteiger partial charge in [0.25, 0.3) is 0 Å². The van der Waals surface area contributed by atoms with Gasteiger partial charge in [-0.15, -0.1) is 0 Å². The number of aliphatic hydroxyl groups excluding tert-OH is 1. The molecule has 8 nitrogen and oxygen atoms in total. The molecule has 0 saturated carbocycles. The lowest BCUT2D eigenvalue weighted by atomic mass is 9.77. The van der Waals surface area contributed by atoms with E-state index in [-0.39, 0.29) is 10.3 Å². The van der Waals surface area contributed by atoms with Crippen molar-refractivity contribution in [3.63, 3.8) is 0 Å². The summed E-state index contributed by atoms with van der Waals surface area (Å²) in [6.07, 6.45) is 4.96. The number of nitrogens with zero attached hydrogens (tertiary/aromatic N) is 4. The maximum absolute atomic E-state index is 11.7. The molecule has 4 rings (SSSR count). The zero-order valence-electron chi connectivity index (χ0n) is 19.4. The Kier molecular flexibility index (Phi) is 7.06. The van der Waals surface area contributed by atoms with Crippen molar-refractivity contribution >= 4 is 32.9 Å². The third-order valence-electron chi connectivity index (χ3n) is 7.04. The molecule has 2 aromatic rings. The molecular formula is C24H29ClN4O4S. The first kappa shape index (κ1) is 24.7. The quantitative estimate of drug-likeness (QED) is 0.600. The third-order valence-corrected chi connectivity index (χ3v) is 8.46. The van der Waals surface area contributed by atoms with Crippen LogP contribution in [-0.4, -0.2) is 69.5 Å². The molecule has 0 bridgehead atoms. The Bertz CT molecular complexity index is 1190. The molecule has 2 aliphatic heterocycles. The van der Waals surface area contributed by atoms with Crippen LogP contribution in [0.5, 0.6) is 5.75 Å². The van der Waals surface area contributed by atoms with E-state index >= 15 is 0 Å². The van der Waals surface area contributed by atoms with Crippen molar-refractivity contribution in [2.24, 2.45) is 5.41 Å². The first-order valence-corrected chi connectivity index (χ1v) is 13.5. The van der Waals surface area contributed by atoms with Crippen LogP contribution in [-0.2, 0) is 9.84 Å². The van der Waals surface area contributed by atoms with Gasteiger partial charge in [0.1, 0.15) is 11.6 Å². The van der Waals surface area contributed by atoms with Gasteiger partial charge in [-0.05, 0) is 62.0 Å². The molecule has 0 aliphatic carbocycles. The number of methoxy groups -OCH3 is 1. The van der Waals surface area contributed by atoms with Crippen molar-refractivity contribution in [2.45, 2.75) is 30.3 Å². The molecule has 34 heavy (non-hydrogen) atoms. The van der Waals surface area contributed by atoms with Crippen LogP contribution in [0.2, 0.25) is 5.02 Å². The average Bonchev–Trinajstić information content (AvgIpc) is 3.23. The monoisotopic (exact) mass is 504 g/mol. The van der Waals surface area contributed by atoms with Crippen molar-refractivity contribution in [1.82, 2.24) is 9.88 Å². The normalized spacial score (nSPS) is 19.2. The lowest BCUT2D eigenvalue weighted by molar-refractivity contribution is 0.0651. The van der Waals surface area contributed by atoms with Crippen LogP contribution in [0.4, 0.5) is 11.5 Å². The second kappa shape index (κ2) is 9.70. The number of hydrogen-bond donors (Lipinski definition) is 1. The molecule has 3 heterocycles. The number of benzene rings is 1. The Hall–Kier alpha value is -2.38. The number of ether oxygens (including phenoxy) is 1. The number of likely N-dealkylation sites (tertiary alicyclic amines) is 1. The van der Waals surface area contributed by atoms with Crippen LogP contribution in [0.3, 0.4) is 0 Å². The van der Waals surface area contributed by atoms with E-state index in [1.165, 1.54) is 19.6 Å². The van der Waals surface area contributed by atoms with Gasteiger partial charge in [-0.3, -0.25) is 0 Å². The molecule has 1 unspecified atom stereocenters. The van der Waals surface area contributed by atoms with Gasteiger partial charge in [0, 0.05) is 42.7 Å². The summed E-state index contributed by atoms with van der Waals surface area (Å²) in [6, 6.07) is 6.61. The van der Waals surface area contributed by atoms with E-state index in [1.807, 2.05) is 0 Å².